The minimum absolute atomic E-state index is 0.0839. The first-order valence-corrected chi connectivity index (χ1v) is 13.5. The van der Waals surface area contributed by atoms with Crippen LogP contribution in [0.25, 0.3) is 0 Å². The third-order valence-electron chi connectivity index (χ3n) is 6.10. The summed E-state index contributed by atoms with van der Waals surface area (Å²) in [6.07, 6.45) is 4.24. The number of carboxylic acid groups (broad SMARTS) is 1. The van der Waals surface area contributed by atoms with Crippen LogP contribution in [0.15, 0.2) is 54.6 Å². The topological polar surface area (TPSA) is 95.9 Å². The van der Waals surface area contributed by atoms with Crippen LogP contribution in [0.1, 0.15) is 74.7 Å². The molecule has 2 N–H and O–H groups in total. The van der Waals surface area contributed by atoms with Crippen molar-refractivity contribution in [1.29, 1.82) is 0 Å². The lowest BCUT2D eigenvalue weighted by atomic mass is 10.1. The predicted octanol–water partition coefficient (Wildman–Crippen LogP) is 5.71. The van der Waals surface area contributed by atoms with E-state index in [0.29, 0.717) is 23.7 Å². The molecular formula is C29H39ClN2O5. The summed E-state index contributed by atoms with van der Waals surface area (Å²) in [5, 5.41) is 13.1. The van der Waals surface area contributed by atoms with E-state index in [-0.39, 0.29) is 18.9 Å². The molecule has 0 heterocycles. The highest BCUT2D eigenvalue weighted by Crippen LogP contribution is 2.15. The number of carbonyl (C=O) groups is 3. The number of carboxylic acids is 1. The molecule has 0 spiro atoms. The fraction of sp³-hybridized carbons (Fsp3) is 0.483. The van der Waals surface area contributed by atoms with Gasteiger partial charge in [-0.3, -0.25) is 9.59 Å². The number of carbonyl (C=O) groups excluding carboxylic acids is 2. The summed E-state index contributed by atoms with van der Waals surface area (Å²) in [6.45, 7) is 5.40. The average Bonchev–Trinajstić information content (AvgIpc) is 2.90. The predicted molar refractivity (Wildman–Crippen MR) is 146 cm³/mol. The Morgan fingerprint density at radius 1 is 0.919 bits per heavy atom. The third-order valence-corrected chi connectivity index (χ3v) is 6.36. The van der Waals surface area contributed by atoms with Gasteiger partial charge < -0.3 is 20.1 Å². The lowest BCUT2D eigenvalue weighted by molar-refractivity contribution is -0.153. The third kappa shape index (κ3) is 10.9. The minimum Gasteiger partial charge on any atom is -0.479 e. The van der Waals surface area contributed by atoms with Gasteiger partial charge in [-0.25, -0.2) is 4.79 Å². The van der Waals surface area contributed by atoms with Gasteiger partial charge in [0.2, 0.25) is 5.91 Å². The van der Waals surface area contributed by atoms with Crippen LogP contribution in [0.5, 0.6) is 0 Å². The number of hydrogen-bond donors (Lipinski definition) is 2. The van der Waals surface area contributed by atoms with Gasteiger partial charge in [0.25, 0.3) is 5.91 Å². The van der Waals surface area contributed by atoms with Gasteiger partial charge in [0, 0.05) is 30.1 Å². The summed E-state index contributed by atoms with van der Waals surface area (Å²) >= 11 is 5.95. The van der Waals surface area contributed by atoms with Crippen LogP contribution in [0.4, 0.5) is 0 Å². The number of hydrogen-bond acceptors (Lipinski definition) is 4. The smallest absolute Gasteiger partial charge is 0.332 e. The van der Waals surface area contributed by atoms with E-state index in [2.05, 4.69) is 19.2 Å². The summed E-state index contributed by atoms with van der Waals surface area (Å²) in [5.41, 5.74) is 1.16. The van der Waals surface area contributed by atoms with Gasteiger partial charge in [0.1, 0.15) is 6.04 Å². The molecule has 202 valence electrons. The highest BCUT2D eigenvalue weighted by atomic mass is 35.5. The van der Waals surface area contributed by atoms with Crippen LogP contribution in [-0.2, 0) is 20.9 Å². The zero-order valence-corrected chi connectivity index (χ0v) is 22.6. The van der Waals surface area contributed by atoms with E-state index in [1.165, 1.54) is 0 Å². The summed E-state index contributed by atoms with van der Waals surface area (Å²) in [6, 6.07) is 14.5. The van der Waals surface area contributed by atoms with Gasteiger partial charge >= 0.3 is 5.97 Å². The van der Waals surface area contributed by atoms with Crippen molar-refractivity contribution >= 4 is 29.4 Å². The van der Waals surface area contributed by atoms with Crippen molar-refractivity contribution in [2.24, 2.45) is 0 Å². The molecule has 0 aromatic heterocycles. The molecule has 8 heteroatoms. The van der Waals surface area contributed by atoms with E-state index in [1.54, 1.807) is 29.2 Å². The molecule has 7 nitrogen and oxygen atoms in total. The Morgan fingerprint density at radius 2 is 1.51 bits per heavy atom. The first-order valence-electron chi connectivity index (χ1n) is 13.1. The Balaban J connectivity index is 2.25. The molecule has 37 heavy (non-hydrogen) atoms. The van der Waals surface area contributed by atoms with Crippen LogP contribution in [0.2, 0.25) is 5.02 Å². The second-order valence-electron chi connectivity index (χ2n) is 9.13. The highest BCUT2D eigenvalue weighted by molar-refractivity contribution is 6.30. The average molecular weight is 531 g/mol. The second kappa shape index (κ2) is 16.8. The molecule has 0 bridgehead atoms. The van der Waals surface area contributed by atoms with Crippen molar-refractivity contribution in [3.63, 3.8) is 0 Å². The van der Waals surface area contributed by atoms with E-state index in [0.717, 1.165) is 44.1 Å². The summed E-state index contributed by atoms with van der Waals surface area (Å²) in [5.74, 6) is -1.94. The number of amides is 2. The molecule has 2 unspecified atom stereocenters. The lowest BCUT2D eigenvalue weighted by Crippen LogP contribution is -2.51. The normalized spacial score (nSPS) is 12.5. The van der Waals surface area contributed by atoms with Gasteiger partial charge in [-0.05, 0) is 42.7 Å². The molecule has 0 fully saturated rings. The van der Waals surface area contributed by atoms with Crippen molar-refractivity contribution in [3.05, 3.63) is 70.7 Å². The van der Waals surface area contributed by atoms with Crippen LogP contribution in [-0.4, -0.2) is 53.0 Å². The number of unbranched alkanes of at least 4 members (excludes halogenated alkanes) is 4. The fourth-order valence-electron chi connectivity index (χ4n) is 3.95. The van der Waals surface area contributed by atoms with Crippen molar-refractivity contribution in [2.75, 3.05) is 13.1 Å². The number of nitrogens with one attached hydrogen (secondary N) is 1. The summed E-state index contributed by atoms with van der Waals surface area (Å²) < 4.78 is 5.71. The molecule has 0 aliphatic heterocycles. The largest absolute Gasteiger partial charge is 0.479 e. The Bertz CT molecular complexity index is 958. The van der Waals surface area contributed by atoms with Gasteiger partial charge in [0.05, 0.1) is 6.61 Å². The van der Waals surface area contributed by atoms with Crippen LogP contribution >= 0.6 is 11.6 Å². The Hall–Kier alpha value is -2.90. The molecule has 0 radical (unpaired) electrons. The van der Waals surface area contributed by atoms with Crippen molar-refractivity contribution in [3.8, 4) is 0 Å². The molecule has 2 amide bonds. The number of aliphatic carboxylic acids is 1. The maximum atomic E-state index is 13.7. The van der Waals surface area contributed by atoms with Crippen LogP contribution in [0.3, 0.4) is 0 Å². The molecule has 2 rings (SSSR count). The quantitative estimate of drug-likeness (QED) is 0.255. The van der Waals surface area contributed by atoms with Crippen molar-refractivity contribution < 1.29 is 24.2 Å². The van der Waals surface area contributed by atoms with Crippen molar-refractivity contribution in [1.82, 2.24) is 10.2 Å². The number of rotatable bonds is 17. The first kappa shape index (κ1) is 30.3. The zero-order valence-electron chi connectivity index (χ0n) is 21.8. The number of nitrogens with zero attached hydrogens (tertiary/aromatic N) is 1. The number of halogens is 1. The van der Waals surface area contributed by atoms with E-state index >= 15 is 0 Å². The molecule has 0 aliphatic rings. The van der Waals surface area contributed by atoms with Gasteiger partial charge in [-0.1, -0.05) is 81.5 Å². The maximum absolute atomic E-state index is 13.7. The Labute approximate surface area is 225 Å². The van der Waals surface area contributed by atoms with Crippen LogP contribution in [0, 0.1) is 0 Å². The Kier molecular flexibility index (Phi) is 13.7. The molecule has 2 aromatic carbocycles. The van der Waals surface area contributed by atoms with E-state index in [4.69, 9.17) is 16.3 Å². The van der Waals surface area contributed by atoms with E-state index in [1.807, 2.05) is 30.3 Å². The SMILES string of the molecule is CCCCCN(CCCCC)C(=O)C(CC(OCc1ccccc1)C(=O)O)NC(=O)c1ccc(Cl)cc1. The molecule has 2 atom stereocenters. The fourth-order valence-corrected chi connectivity index (χ4v) is 4.07. The van der Waals surface area contributed by atoms with Crippen LogP contribution < -0.4 is 5.32 Å². The Morgan fingerprint density at radius 3 is 2.05 bits per heavy atom. The van der Waals surface area contributed by atoms with E-state index in [9.17, 15) is 19.5 Å². The highest BCUT2D eigenvalue weighted by Gasteiger charge is 2.32. The molecule has 0 saturated heterocycles. The van der Waals surface area contributed by atoms with Gasteiger partial charge in [0.15, 0.2) is 6.10 Å². The summed E-state index contributed by atoms with van der Waals surface area (Å²) in [7, 11) is 0. The van der Waals surface area contributed by atoms with Gasteiger partial charge in [-0.2, -0.15) is 0 Å². The first-order chi connectivity index (χ1) is 17.8. The zero-order chi connectivity index (χ0) is 27.0. The summed E-state index contributed by atoms with van der Waals surface area (Å²) in [4.78, 5) is 40.6. The monoisotopic (exact) mass is 530 g/mol. The molecule has 2 aromatic rings. The standard InChI is InChI=1S/C29H39ClN2O5/c1-3-5-10-18-32(19-11-6-4-2)28(34)25(31-27(33)23-14-16-24(30)17-15-23)20-26(29(35)36)37-21-22-12-8-7-9-13-22/h7-9,12-17,25-26H,3-6,10-11,18-21H2,1-2H3,(H,31,33)(H,35,36). The van der Waals surface area contributed by atoms with E-state index < -0.39 is 24.0 Å². The number of ether oxygens (including phenoxy) is 1. The maximum Gasteiger partial charge on any atom is 0.332 e. The van der Waals surface area contributed by atoms with Gasteiger partial charge in [-0.15, -0.1) is 0 Å². The minimum atomic E-state index is -1.27. The molecular weight excluding hydrogens is 492 g/mol. The molecule has 0 saturated carbocycles. The van der Waals surface area contributed by atoms with Crippen molar-refractivity contribution in [2.45, 2.75) is 77.5 Å². The number of benzene rings is 2. The second-order valence-corrected chi connectivity index (χ2v) is 9.57. The lowest BCUT2D eigenvalue weighted by Gasteiger charge is -2.29. The molecule has 0 aliphatic carbocycles.